The van der Waals surface area contributed by atoms with Gasteiger partial charge in [-0.1, -0.05) is 32.1 Å². The molecule has 1 heterocycles. The number of hydrogen-bond donors (Lipinski definition) is 0. The number of nitrogens with zero attached hydrogens (tertiary/aromatic N) is 2. The second-order valence-corrected chi connectivity index (χ2v) is 6.18. The highest BCUT2D eigenvalue weighted by molar-refractivity contribution is 5.87. The molecular formula is C18H22N2O. The van der Waals surface area contributed by atoms with Crippen LogP contribution in [0.1, 0.15) is 56.9 Å². The highest BCUT2D eigenvalue weighted by Crippen LogP contribution is 2.31. The van der Waals surface area contributed by atoms with Gasteiger partial charge >= 0.3 is 0 Å². The Morgan fingerprint density at radius 3 is 2.62 bits per heavy atom. The summed E-state index contributed by atoms with van der Waals surface area (Å²) in [6, 6.07) is 4.24. The Labute approximate surface area is 126 Å². The molecular weight excluding hydrogens is 260 g/mol. The van der Waals surface area contributed by atoms with Gasteiger partial charge in [-0.2, -0.15) is 0 Å². The van der Waals surface area contributed by atoms with Crippen LogP contribution in [-0.4, -0.2) is 16.1 Å². The molecule has 3 heteroatoms. The monoisotopic (exact) mass is 282 g/mol. The molecule has 0 atom stereocenters. The number of aryl methyl sites for hydroxylation is 1. The molecule has 0 amide bonds. The zero-order valence-electron chi connectivity index (χ0n) is 13.2. The second kappa shape index (κ2) is 5.47. The van der Waals surface area contributed by atoms with Gasteiger partial charge in [-0.15, -0.1) is 0 Å². The fraction of sp³-hybridized carbons (Fsp3) is 0.444. The van der Waals surface area contributed by atoms with E-state index in [1.165, 1.54) is 11.1 Å². The normalized spacial score (nSPS) is 14.0. The molecule has 21 heavy (non-hydrogen) atoms. The van der Waals surface area contributed by atoms with Crippen molar-refractivity contribution in [2.24, 2.45) is 0 Å². The molecule has 0 fully saturated rings. The van der Waals surface area contributed by atoms with E-state index < -0.39 is 0 Å². The molecule has 0 saturated carbocycles. The summed E-state index contributed by atoms with van der Waals surface area (Å²) in [5.74, 6) is 0.964. The second-order valence-electron chi connectivity index (χ2n) is 6.18. The van der Waals surface area contributed by atoms with Gasteiger partial charge in [0.25, 0.3) is 0 Å². The SMILES string of the molecule is CC(C)Oc1nc2ccc3c(c2nc1C(C)C)C=CCC3. The highest BCUT2D eigenvalue weighted by atomic mass is 16.5. The van der Waals surface area contributed by atoms with Crippen molar-refractivity contribution in [2.75, 3.05) is 0 Å². The predicted molar refractivity (Wildman–Crippen MR) is 86.7 cm³/mol. The first-order valence-electron chi connectivity index (χ1n) is 7.73. The molecule has 1 aromatic heterocycles. The smallest absolute Gasteiger partial charge is 0.236 e. The van der Waals surface area contributed by atoms with Crippen LogP contribution in [0, 0.1) is 0 Å². The lowest BCUT2D eigenvalue weighted by Crippen LogP contribution is -2.11. The molecule has 0 bridgehead atoms. The minimum atomic E-state index is 0.103. The summed E-state index contributed by atoms with van der Waals surface area (Å²) >= 11 is 0. The van der Waals surface area contributed by atoms with E-state index in [0.29, 0.717) is 11.8 Å². The molecule has 110 valence electrons. The van der Waals surface area contributed by atoms with Crippen molar-refractivity contribution in [3.63, 3.8) is 0 Å². The quantitative estimate of drug-likeness (QED) is 0.831. The number of rotatable bonds is 3. The fourth-order valence-corrected chi connectivity index (χ4v) is 2.71. The van der Waals surface area contributed by atoms with E-state index in [1.807, 2.05) is 13.8 Å². The van der Waals surface area contributed by atoms with E-state index in [9.17, 15) is 0 Å². The number of hydrogen-bond acceptors (Lipinski definition) is 3. The molecule has 0 unspecified atom stereocenters. The van der Waals surface area contributed by atoms with Gasteiger partial charge in [0.15, 0.2) is 0 Å². The van der Waals surface area contributed by atoms with Gasteiger partial charge in [0.05, 0.1) is 17.1 Å². The molecule has 1 aromatic carbocycles. The Morgan fingerprint density at radius 2 is 1.90 bits per heavy atom. The van der Waals surface area contributed by atoms with Crippen LogP contribution in [0.4, 0.5) is 0 Å². The minimum absolute atomic E-state index is 0.103. The molecule has 1 aliphatic carbocycles. The zero-order valence-corrected chi connectivity index (χ0v) is 13.2. The first-order valence-corrected chi connectivity index (χ1v) is 7.73. The Bertz CT molecular complexity index is 702. The maximum Gasteiger partial charge on any atom is 0.236 e. The number of benzene rings is 1. The first-order chi connectivity index (χ1) is 10.1. The topological polar surface area (TPSA) is 35.0 Å². The van der Waals surface area contributed by atoms with Gasteiger partial charge in [-0.25, -0.2) is 9.97 Å². The van der Waals surface area contributed by atoms with Crippen LogP contribution in [0.15, 0.2) is 18.2 Å². The van der Waals surface area contributed by atoms with Gasteiger partial charge in [0.1, 0.15) is 5.69 Å². The van der Waals surface area contributed by atoms with E-state index in [4.69, 9.17) is 14.7 Å². The summed E-state index contributed by atoms with van der Waals surface area (Å²) in [4.78, 5) is 9.63. The third-order valence-electron chi connectivity index (χ3n) is 3.72. The summed E-state index contributed by atoms with van der Waals surface area (Å²) in [5, 5.41) is 0. The average molecular weight is 282 g/mol. The van der Waals surface area contributed by atoms with Gasteiger partial charge < -0.3 is 4.74 Å². The lowest BCUT2D eigenvalue weighted by molar-refractivity contribution is 0.228. The summed E-state index contributed by atoms with van der Waals surface area (Å²) < 4.78 is 5.87. The number of aromatic nitrogens is 2. The van der Waals surface area contributed by atoms with Gasteiger partial charge in [-0.05, 0) is 38.3 Å². The molecule has 2 aromatic rings. The molecule has 0 N–H and O–H groups in total. The van der Waals surface area contributed by atoms with Crippen LogP contribution in [0.3, 0.4) is 0 Å². The lowest BCUT2D eigenvalue weighted by Gasteiger charge is -2.18. The average Bonchev–Trinajstić information content (AvgIpc) is 2.45. The van der Waals surface area contributed by atoms with Crippen LogP contribution in [-0.2, 0) is 6.42 Å². The van der Waals surface area contributed by atoms with Crippen molar-refractivity contribution in [3.8, 4) is 5.88 Å². The van der Waals surface area contributed by atoms with Crippen LogP contribution in [0.5, 0.6) is 5.88 Å². The molecule has 3 rings (SSSR count). The van der Waals surface area contributed by atoms with Crippen LogP contribution in [0.25, 0.3) is 17.1 Å². The number of fused-ring (bicyclic) bond motifs is 3. The Hall–Kier alpha value is -1.90. The van der Waals surface area contributed by atoms with Crippen molar-refractivity contribution >= 4 is 17.1 Å². The van der Waals surface area contributed by atoms with E-state index in [2.05, 4.69) is 38.1 Å². The maximum atomic E-state index is 5.87. The largest absolute Gasteiger partial charge is 0.474 e. The van der Waals surface area contributed by atoms with Crippen LogP contribution >= 0.6 is 0 Å². The summed E-state index contributed by atoms with van der Waals surface area (Å²) in [6.45, 7) is 8.31. The predicted octanol–water partition coefficient (Wildman–Crippen LogP) is 4.50. The van der Waals surface area contributed by atoms with E-state index in [0.717, 1.165) is 29.6 Å². The molecule has 3 nitrogen and oxygen atoms in total. The van der Waals surface area contributed by atoms with E-state index >= 15 is 0 Å². The molecule has 0 saturated heterocycles. The van der Waals surface area contributed by atoms with Crippen molar-refractivity contribution in [2.45, 2.75) is 52.6 Å². The first kappa shape index (κ1) is 14.1. The van der Waals surface area contributed by atoms with E-state index in [-0.39, 0.29) is 6.10 Å². The third kappa shape index (κ3) is 2.65. The lowest BCUT2D eigenvalue weighted by atomic mass is 9.96. The Morgan fingerprint density at radius 1 is 1.10 bits per heavy atom. The highest BCUT2D eigenvalue weighted by Gasteiger charge is 2.18. The Kier molecular flexibility index (Phi) is 3.66. The summed E-state index contributed by atoms with van der Waals surface area (Å²) in [7, 11) is 0. The number of ether oxygens (including phenoxy) is 1. The Balaban J connectivity index is 2.23. The van der Waals surface area contributed by atoms with Crippen molar-refractivity contribution in [1.82, 2.24) is 9.97 Å². The molecule has 0 spiro atoms. The standard InChI is InChI=1S/C18H22N2O/c1-11(2)16-18(21-12(3)4)19-15-10-9-13-7-5-6-8-14(13)17(15)20-16/h6,8-12H,5,7H2,1-4H3. The van der Waals surface area contributed by atoms with Crippen LogP contribution in [0.2, 0.25) is 0 Å². The van der Waals surface area contributed by atoms with Gasteiger partial charge in [-0.3, -0.25) is 0 Å². The van der Waals surface area contributed by atoms with Crippen molar-refractivity contribution in [3.05, 3.63) is 35.0 Å². The van der Waals surface area contributed by atoms with E-state index in [1.54, 1.807) is 0 Å². The van der Waals surface area contributed by atoms with Crippen LogP contribution < -0.4 is 4.74 Å². The summed E-state index contributed by atoms with van der Waals surface area (Å²) in [6.07, 6.45) is 6.70. The third-order valence-corrected chi connectivity index (χ3v) is 3.72. The number of allylic oxidation sites excluding steroid dienone is 1. The molecule has 0 radical (unpaired) electrons. The van der Waals surface area contributed by atoms with Gasteiger partial charge in [0, 0.05) is 11.5 Å². The maximum absolute atomic E-state index is 5.87. The fourth-order valence-electron chi connectivity index (χ4n) is 2.71. The summed E-state index contributed by atoms with van der Waals surface area (Å²) in [5.41, 5.74) is 5.46. The van der Waals surface area contributed by atoms with Crippen molar-refractivity contribution in [1.29, 1.82) is 0 Å². The zero-order chi connectivity index (χ0) is 15.0. The molecule has 1 aliphatic rings. The minimum Gasteiger partial charge on any atom is -0.474 e. The van der Waals surface area contributed by atoms with Gasteiger partial charge in [0.2, 0.25) is 5.88 Å². The van der Waals surface area contributed by atoms with Crippen molar-refractivity contribution < 1.29 is 4.74 Å². The molecule has 0 aliphatic heterocycles.